The molecule has 1 aliphatic carbocycles. The number of hydrogen-bond acceptors (Lipinski definition) is 2. The normalized spacial score (nSPS) is 28.4. The molecule has 108 valence electrons. The molecule has 0 saturated heterocycles. The highest BCUT2D eigenvalue weighted by Gasteiger charge is 2.31. The van der Waals surface area contributed by atoms with E-state index in [4.69, 9.17) is 11.6 Å². The molecule has 2 nitrogen and oxygen atoms in total. The van der Waals surface area contributed by atoms with E-state index in [1.165, 1.54) is 29.7 Å². The van der Waals surface area contributed by atoms with Crippen molar-refractivity contribution in [3.8, 4) is 0 Å². The minimum Gasteiger partial charge on any atom is -0.355 e. The van der Waals surface area contributed by atoms with Gasteiger partial charge in [-0.25, -0.2) is 0 Å². The summed E-state index contributed by atoms with van der Waals surface area (Å²) in [7, 11) is 0. The third kappa shape index (κ3) is 2.84. The van der Waals surface area contributed by atoms with Gasteiger partial charge in [0.05, 0.1) is 5.92 Å². The molecule has 1 aromatic carbocycles. The molecule has 3 atom stereocenters. The van der Waals surface area contributed by atoms with Gasteiger partial charge in [0.25, 0.3) is 0 Å². The Bertz CT molecular complexity index is 493. The highest BCUT2D eigenvalue weighted by Crippen LogP contribution is 2.39. The van der Waals surface area contributed by atoms with Gasteiger partial charge in [0.2, 0.25) is 5.91 Å². The molecule has 1 aromatic rings. The largest absolute Gasteiger partial charge is 0.355 e. The van der Waals surface area contributed by atoms with Crippen molar-refractivity contribution < 1.29 is 4.79 Å². The van der Waals surface area contributed by atoms with Crippen LogP contribution < -0.4 is 5.32 Å². The average Bonchev–Trinajstić information content (AvgIpc) is 3.11. The summed E-state index contributed by atoms with van der Waals surface area (Å²) in [6.07, 6.45) is 3.67. The molecule has 20 heavy (non-hydrogen) atoms. The zero-order valence-corrected chi connectivity index (χ0v) is 13.1. The van der Waals surface area contributed by atoms with Gasteiger partial charge in [-0.2, -0.15) is 0 Å². The maximum atomic E-state index is 12.4. The molecule has 3 rings (SSSR count). The van der Waals surface area contributed by atoms with E-state index in [1.54, 1.807) is 11.8 Å². The summed E-state index contributed by atoms with van der Waals surface area (Å²) in [4.78, 5) is 13.7. The number of rotatable bonds is 4. The Morgan fingerprint density at radius 2 is 2.10 bits per heavy atom. The second-order valence-electron chi connectivity index (χ2n) is 5.75. The smallest absolute Gasteiger partial charge is 0.228 e. The Kier molecular flexibility index (Phi) is 4.57. The van der Waals surface area contributed by atoms with E-state index in [0.29, 0.717) is 11.8 Å². The van der Waals surface area contributed by atoms with Crippen LogP contribution in [-0.2, 0) is 4.79 Å². The van der Waals surface area contributed by atoms with Crippen LogP contribution in [0.2, 0.25) is 0 Å². The molecule has 4 heteroatoms. The van der Waals surface area contributed by atoms with E-state index in [1.807, 2.05) is 12.1 Å². The first-order valence-corrected chi connectivity index (χ1v) is 8.87. The van der Waals surface area contributed by atoms with Crippen molar-refractivity contribution in [1.29, 1.82) is 0 Å². The minimum absolute atomic E-state index is 0.0204. The number of fused-ring (bicyclic) bond motifs is 1. The third-order valence-corrected chi connectivity index (χ3v) is 6.15. The van der Waals surface area contributed by atoms with Gasteiger partial charge in [-0.15, -0.1) is 23.4 Å². The van der Waals surface area contributed by atoms with Gasteiger partial charge in [0.1, 0.15) is 0 Å². The summed E-state index contributed by atoms with van der Waals surface area (Å²) in [6, 6.07) is 8.24. The van der Waals surface area contributed by atoms with Crippen molar-refractivity contribution in [2.75, 3.05) is 18.2 Å². The summed E-state index contributed by atoms with van der Waals surface area (Å²) < 4.78 is 0. The zero-order chi connectivity index (χ0) is 13.9. The minimum atomic E-state index is 0.0204. The molecule has 0 radical (unpaired) electrons. The van der Waals surface area contributed by atoms with E-state index in [9.17, 15) is 4.79 Å². The second-order valence-corrected chi connectivity index (χ2v) is 7.12. The average molecular weight is 310 g/mol. The molecule has 2 aliphatic rings. The summed E-state index contributed by atoms with van der Waals surface area (Å²) >= 11 is 7.78. The number of alkyl halides is 1. The van der Waals surface area contributed by atoms with Crippen LogP contribution in [0.15, 0.2) is 29.2 Å². The molecule has 1 fully saturated rings. The predicted molar refractivity (Wildman–Crippen MR) is 84.5 cm³/mol. The van der Waals surface area contributed by atoms with Gasteiger partial charge >= 0.3 is 0 Å². The lowest BCUT2D eigenvalue weighted by Crippen LogP contribution is -2.34. The molecule has 0 bridgehead atoms. The topological polar surface area (TPSA) is 29.1 Å². The van der Waals surface area contributed by atoms with Crippen molar-refractivity contribution in [2.24, 2.45) is 11.8 Å². The fraction of sp³-hybridized carbons (Fsp3) is 0.562. The van der Waals surface area contributed by atoms with Crippen molar-refractivity contribution in [3.05, 3.63) is 29.8 Å². The highest BCUT2D eigenvalue weighted by molar-refractivity contribution is 7.99. The van der Waals surface area contributed by atoms with Crippen LogP contribution in [0.25, 0.3) is 0 Å². The number of carbonyl (C=O) groups excluding carboxylic acids is 1. The Hall–Kier alpha value is -0.670. The van der Waals surface area contributed by atoms with Gasteiger partial charge in [-0.05, 0) is 36.3 Å². The number of amides is 1. The second kappa shape index (κ2) is 6.40. The third-order valence-electron chi connectivity index (χ3n) is 4.57. The lowest BCUT2D eigenvalue weighted by Gasteiger charge is -2.19. The lowest BCUT2D eigenvalue weighted by atomic mass is 9.96. The monoisotopic (exact) mass is 309 g/mol. The van der Waals surface area contributed by atoms with E-state index in [0.717, 1.165) is 18.2 Å². The van der Waals surface area contributed by atoms with Gasteiger partial charge in [-0.3, -0.25) is 4.79 Å². The molecule has 0 spiro atoms. The van der Waals surface area contributed by atoms with Crippen LogP contribution in [0.5, 0.6) is 0 Å². The molecule has 0 aromatic heterocycles. The van der Waals surface area contributed by atoms with Crippen molar-refractivity contribution in [2.45, 2.75) is 30.1 Å². The molecular formula is C16H20ClNOS. The maximum absolute atomic E-state index is 12.4. The SMILES string of the molecule is O=C(NCC1CCCC1CCl)C1CSc2ccccc21. The Labute approximate surface area is 129 Å². The lowest BCUT2D eigenvalue weighted by molar-refractivity contribution is -0.122. The van der Waals surface area contributed by atoms with Gasteiger partial charge in [0.15, 0.2) is 0 Å². The zero-order valence-electron chi connectivity index (χ0n) is 11.5. The van der Waals surface area contributed by atoms with E-state index in [-0.39, 0.29) is 11.8 Å². The van der Waals surface area contributed by atoms with E-state index < -0.39 is 0 Å². The highest BCUT2D eigenvalue weighted by atomic mass is 35.5. The maximum Gasteiger partial charge on any atom is 0.228 e. The van der Waals surface area contributed by atoms with Crippen molar-refractivity contribution in [3.63, 3.8) is 0 Å². The number of hydrogen-bond donors (Lipinski definition) is 1. The quantitative estimate of drug-likeness (QED) is 0.860. The summed E-state index contributed by atoms with van der Waals surface area (Å²) in [5, 5.41) is 3.16. The molecule has 1 amide bonds. The van der Waals surface area contributed by atoms with Crippen molar-refractivity contribution in [1.82, 2.24) is 5.32 Å². The molecular weight excluding hydrogens is 290 g/mol. The summed E-state index contributed by atoms with van der Waals surface area (Å²) in [6.45, 7) is 0.791. The van der Waals surface area contributed by atoms with Crippen LogP contribution in [0, 0.1) is 11.8 Å². The van der Waals surface area contributed by atoms with E-state index >= 15 is 0 Å². The number of carbonyl (C=O) groups is 1. The number of thioether (sulfide) groups is 1. The molecule has 1 N–H and O–H groups in total. The first-order chi connectivity index (χ1) is 9.79. The Balaban J connectivity index is 1.58. The van der Waals surface area contributed by atoms with Gasteiger partial charge in [-0.1, -0.05) is 24.6 Å². The number of halogens is 1. The van der Waals surface area contributed by atoms with Crippen LogP contribution in [0.4, 0.5) is 0 Å². The van der Waals surface area contributed by atoms with E-state index in [2.05, 4.69) is 17.4 Å². The Morgan fingerprint density at radius 3 is 2.95 bits per heavy atom. The number of nitrogens with one attached hydrogen (secondary N) is 1. The van der Waals surface area contributed by atoms with Gasteiger partial charge < -0.3 is 5.32 Å². The molecule has 1 heterocycles. The predicted octanol–water partition coefficient (Wildman–Crippen LogP) is 3.65. The van der Waals surface area contributed by atoms with Gasteiger partial charge in [0, 0.05) is 23.1 Å². The fourth-order valence-electron chi connectivity index (χ4n) is 3.32. The first kappa shape index (κ1) is 14.3. The standard InChI is InChI=1S/C16H20ClNOS/c17-8-11-4-3-5-12(11)9-18-16(19)14-10-20-15-7-2-1-6-13(14)15/h1-2,6-7,11-12,14H,3-5,8-10H2,(H,18,19). The van der Waals surface area contributed by atoms with Crippen LogP contribution in [0.3, 0.4) is 0 Å². The van der Waals surface area contributed by atoms with Crippen LogP contribution in [-0.4, -0.2) is 24.1 Å². The fourth-order valence-corrected chi connectivity index (χ4v) is 4.96. The first-order valence-electron chi connectivity index (χ1n) is 7.35. The van der Waals surface area contributed by atoms with Crippen LogP contribution in [0.1, 0.15) is 30.7 Å². The molecule has 1 saturated carbocycles. The van der Waals surface area contributed by atoms with Crippen molar-refractivity contribution >= 4 is 29.3 Å². The molecule has 1 aliphatic heterocycles. The summed E-state index contributed by atoms with van der Waals surface area (Å²) in [5.41, 5.74) is 1.19. The summed E-state index contributed by atoms with van der Waals surface area (Å²) in [5.74, 6) is 2.95. The Morgan fingerprint density at radius 1 is 1.30 bits per heavy atom. The van der Waals surface area contributed by atoms with Crippen LogP contribution >= 0.6 is 23.4 Å². The number of benzene rings is 1. The molecule has 3 unspecified atom stereocenters.